The lowest BCUT2D eigenvalue weighted by Crippen LogP contribution is -2.24. The van der Waals surface area contributed by atoms with Gasteiger partial charge in [-0.1, -0.05) is 36.4 Å². The van der Waals surface area contributed by atoms with Crippen LogP contribution in [-0.4, -0.2) is 30.9 Å². The highest BCUT2D eigenvalue weighted by atomic mass is 16.1. The molecule has 0 saturated heterocycles. The van der Waals surface area contributed by atoms with Gasteiger partial charge in [-0.15, -0.1) is 5.10 Å². The van der Waals surface area contributed by atoms with Crippen molar-refractivity contribution < 1.29 is 4.79 Å². The number of nitrogens with two attached hydrogens (primary N) is 1. The van der Waals surface area contributed by atoms with Crippen LogP contribution in [0.5, 0.6) is 0 Å². The number of carbonyl (C=O) groups is 1. The number of aryl methyl sites for hydroxylation is 1. The summed E-state index contributed by atoms with van der Waals surface area (Å²) < 4.78 is 1.92. The van der Waals surface area contributed by atoms with Gasteiger partial charge in [0, 0.05) is 24.3 Å². The first-order valence-corrected chi connectivity index (χ1v) is 11.3. The van der Waals surface area contributed by atoms with E-state index in [2.05, 4.69) is 49.9 Å². The third-order valence-electron chi connectivity index (χ3n) is 5.79. The average Bonchev–Trinajstić information content (AvgIpc) is 3.28. The molecule has 0 atom stereocenters. The van der Waals surface area contributed by atoms with E-state index in [4.69, 9.17) is 5.73 Å². The van der Waals surface area contributed by atoms with Crippen LogP contribution in [0.3, 0.4) is 0 Å². The first-order valence-electron chi connectivity index (χ1n) is 11.3. The Labute approximate surface area is 202 Å². The highest BCUT2D eigenvalue weighted by molar-refractivity contribution is 5.93. The summed E-state index contributed by atoms with van der Waals surface area (Å²) in [6, 6.07) is 17.9. The molecule has 0 spiro atoms. The van der Waals surface area contributed by atoms with Gasteiger partial charge in [0.05, 0.1) is 18.9 Å². The van der Waals surface area contributed by atoms with E-state index in [1.165, 1.54) is 5.56 Å². The predicted molar refractivity (Wildman–Crippen MR) is 135 cm³/mol. The van der Waals surface area contributed by atoms with Crippen molar-refractivity contribution in [3.63, 3.8) is 0 Å². The molecule has 35 heavy (non-hydrogen) atoms. The molecule has 3 N–H and O–H groups in total. The minimum atomic E-state index is -0.265. The van der Waals surface area contributed by atoms with Gasteiger partial charge in [-0.05, 0) is 64.7 Å². The van der Waals surface area contributed by atoms with Crippen molar-refractivity contribution in [2.45, 2.75) is 26.4 Å². The standard InChI is InChI=1S/C27H25N7O/c1-18-13-32-34(16-18)17-20-4-2-19(3-5-20)10-22-12-25(33-31-15-22)27(35)30-14-21-6-7-24-23(11-21)8-9-29-26(24)28/h2-9,11-13,15-16H,10,14,17H2,1H3,(H2,28,29)(H,30,35). The van der Waals surface area contributed by atoms with Crippen molar-refractivity contribution in [1.82, 2.24) is 30.3 Å². The number of anilines is 1. The number of fused-ring (bicyclic) bond motifs is 1. The van der Waals surface area contributed by atoms with Gasteiger partial charge in [0.1, 0.15) is 5.82 Å². The molecule has 8 nitrogen and oxygen atoms in total. The van der Waals surface area contributed by atoms with E-state index in [-0.39, 0.29) is 5.91 Å². The van der Waals surface area contributed by atoms with E-state index in [1.807, 2.05) is 48.3 Å². The number of carbonyl (C=O) groups excluding carboxylic acids is 1. The fraction of sp³-hybridized carbons (Fsp3) is 0.148. The Morgan fingerprint density at radius 1 is 0.971 bits per heavy atom. The van der Waals surface area contributed by atoms with Crippen molar-refractivity contribution in [1.29, 1.82) is 0 Å². The Kier molecular flexibility index (Phi) is 6.17. The van der Waals surface area contributed by atoms with Gasteiger partial charge in [-0.3, -0.25) is 9.48 Å². The van der Waals surface area contributed by atoms with Crippen molar-refractivity contribution >= 4 is 22.5 Å². The molecular formula is C27H25N7O. The molecule has 0 radical (unpaired) electrons. The van der Waals surface area contributed by atoms with Crippen LogP contribution < -0.4 is 11.1 Å². The number of nitrogen functional groups attached to an aromatic ring is 1. The summed E-state index contributed by atoms with van der Waals surface area (Å²) in [6.07, 6.45) is 7.91. The Morgan fingerprint density at radius 2 is 1.77 bits per heavy atom. The number of hydrogen-bond acceptors (Lipinski definition) is 6. The molecule has 3 aromatic heterocycles. The Morgan fingerprint density at radius 3 is 2.57 bits per heavy atom. The van der Waals surface area contributed by atoms with Crippen LogP contribution in [0.4, 0.5) is 5.82 Å². The molecule has 0 unspecified atom stereocenters. The fourth-order valence-corrected chi connectivity index (χ4v) is 3.99. The van der Waals surface area contributed by atoms with Crippen molar-refractivity contribution in [3.05, 3.63) is 113 Å². The van der Waals surface area contributed by atoms with Crippen LogP contribution in [-0.2, 0) is 19.5 Å². The highest BCUT2D eigenvalue weighted by Gasteiger charge is 2.10. The summed E-state index contributed by atoms with van der Waals surface area (Å²) in [6.45, 7) is 3.14. The number of amides is 1. The number of nitrogens with zero attached hydrogens (tertiary/aromatic N) is 5. The summed E-state index contributed by atoms with van der Waals surface area (Å²) in [5.74, 6) is 0.228. The Hall–Kier alpha value is -4.59. The number of rotatable bonds is 7. The van der Waals surface area contributed by atoms with Gasteiger partial charge in [0.2, 0.25) is 0 Å². The Bertz CT molecular complexity index is 1490. The summed E-state index contributed by atoms with van der Waals surface area (Å²) in [5.41, 5.74) is 11.6. The third-order valence-corrected chi connectivity index (χ3v) is 5.79. The predicted octanol–water partition coefficient (Wildman–Crippen LogP) is 3.68. The number of benzene rings is 2. The van der Waals surface area contributed by atoms with Gasteiger partial charge in [-0.25, -0.2) is 4.98 Å². The largest absolute Gasteiger partial charge is 0.383 e. The molecule has 1 amide bonds. The molecular weight excluding hydrogens is 438 g/mol. The smallest absolute Gasteiger partial charge is 0.272 e. The summed E-state index contributed by atoms with van der Waals surface area (Å²) in [7, 11) is 0. The lowest BCUT2D eigenvalue weighted by atomic mass is 10.0. The second-order valence-electron chi connectivity index (χ2n) is 8.59. The topological polar surface area (TPSA) is 112 Å². The number of hydrogen-bond donors (Lipinski definition) is 2. The molecule has 174 valence electrons. The fourth-order valence-electron chi connectivity index (χ4n) is 3.99. The van der Waals surface area contributed by atoms with Gasteiger partial charge in [0.15, 0.2) is 5.69 Å². The molecule has 5 rings (SSSR count). The molecule has 0 aliphatic heterocycles. The van der Waals surface area contributed by atoms with Crippen LogP contribution in [0.1, 0.15) is 38.3 Å². The van der Waals surface area contributed by atoms with Crippen LogP contribution in [0, 0.1) is 6.92 Å². The number of nitrogens with one attached hydrogen (secondary N) is 1. The van der Waals surface area contributed by atoms with Gasteiger partial charge >= 0.3 is 0 Å². The maximum Gasteiger partial charge on any atom is 0.272 e. The van der Waals surface area contributed by atoms with Crippen LogP contribution in [0.2, 0.25) is 0 Å². The molecule has 0 fully saturated rings. The maximum absolute atomic E-state index is 12.7. The lowest BCUT2D eigenvalue weighted by Gasteiger charge is -2.08. The van der Waals surface area contributed by atoms with E-state index in [1.54, 1.807) is 18.5 Å². The Balaban J connectivity index is 1.21. The number of pyridine rings is 1. The molecule has 5 aromatic rings. The first kappa shape index (κ1) is 22.2. The molecule has 0 saturated carbocycles. The van der Waals surface area contributed by atoms with Crippen molar-refractivity contribution in [2.75, 3.05) is 5.73 Å². The highest BCUT2D eigenvalue weighted by Crippen LogP contribution is 2.20. The van der Waals surface area contributed by atoms with Crippen LogP contribution >= 0.6 is 0 Å². The zero-order valence-corrected chi connectivity index (χ0v) is 19.3. The minimum absolute atomic E-state index is 0.265. The second kappa shape index (κ2) is 9.72. The second-order valence-corrected chi connectivity index (χ2v) is 8.59. The summed E-state index contributed by atoms with van der Waals surface area (Å²) >= 11 is 0. The normalized spacial score (nSPS) is 11.0. The third kappa shape index (κ3) is 5.33. The van der Waals surface area contributed by atoms with Crippen molar-refractivity contribution in [2.24, 2.45) is 0 Å². The average molecular weight is 464 g/mol. The molecule has 0 aliphatic carbocycles. The molecule has 2 aromatic carbocycles. The molecule has 0 aliphatic rings. The summed E-state index contributed by atoms with van der Waals surface area (Å²) in [5, 5.41) is 17.2. The van der Waals surface area contributed by atoms with E-state index in [0.717, 1.165) is 39.6 Å². The van der Waals surface area contributed by atoms with Gasteiger partial charge < -0.3 is 11.1 Å². The quantitative estimate of drug-likeness (QED) is 0.381. The van der Waals surface area contributed by atoms with Crippen molar-refractivity contribution in [3.8, 4) is 0 Å². The summed E-state index contributed by atoms with van der Waals surface area (Å²) in [4.78, 5) is 16.8. The zero-order valence-electron chi connectivity index (χ0n) is 19.3. The lowest BCUT2D eigenvalue weighted by molar-refractivity contribution is 0.0944. The van der Waals surface area contributed by atoms with E-state index in [0.29, 0.717) is 24.5 Å². The van der Waals surface area contributed by atoms with Crippen LogP contribution in [0.15, 0.2) is 79.4 Å². The number of aromatic nitrogens is 5. The molecule has 8 heteroatoms. The van der Waals surface area contributed by atoms with Gasteiger partial charge in [-0.2, -0.15) is 10.2 Å². The van der Waals surface area contributed by atoms with Gasteiger partial charge in [0.25, 0.3) is 5.91 Å². The van der Waals surface area contributed by atoms with E-state index < -0.39 is 0 Å². The SMILES string of the molecule is Cc1cnn(Cc2ccc(Cc3cnnc(C(=O)NCc4ccc5c(N)nccc5c4)c3)cc2)c1. The molecule has 0 bridgehead atoms. The van der Waals surface area contributed by atoms with Crippen LogP contribution in [0.25, 0.3) is 10.8 Å². The monoisotopic (exact) mass is 463 g/mol. The first-order chi connectivity index (χ1) is 17.0. The van der Waals surface area contributed by atoms with E-state index >= 15 is 0 Å². The zero-order chi connectivity index (χ0) is 24.2. The minimum Gasteiger partial charge on any atom is -0.383 e. The maximum atomic E-state index is 12.7. The molecule has 3 heterocycles. The van der Waals surface area contributed by atoms with E-state index in [9.17, 15) is 4.79 Å².